The molecule has 0 radical (unpaired) electrons. The molecule has 0 N–H and O–H groups in total. The topological polar surface area (TPSA) is 40.6 Å². The van der Waals surface area contributed by atoms with Gasteiger partial charge in [0.2, 0.25) is 0 Å². The summed E-state index contributed by atoms with van der Waals surface area (Å²) in [5, 5.41) is 0. The fraction of sp³-hybridized carbons (Fsp3) is 0.571. The van der Waals surface area contributed by atoms with Crippen LogP contribution in [0.1, 0.15) is 31.2 Å². The number of benzene rings is 1. The smallest absolute Gasteiger partial charge is 0.257 e. The minimum atomic E-state index is -3.33. The predicted octanol–water partition coefficient (Wildman–Crippen LogP) is 2.17. The highest BCUT2D eigenvalue weighted by molar-refractivity contribution is 7.90. The average Bonchev–Trinajstić information content (AvgIpc) is 2.65. The Morgan fingerprint density at radius 1 is 0.895 bits per heavy atom. The Balaban J connectivity index is 1.89. The maximum absolute atomic E-state index is 12.8. The fourth-order valence-corrected chi connectivity index (χ4v) is 4.71. The zero-order chi connectivity index (χ0) is 13.3. The van der Waals surface area contributed by atoms with E-state index in [1.165, 1.54) is 0 Å². The molecule has 2 heterocycles. The molecule has 1 fully saturated rings. The fourth-order valence-electron chi connectivity index (χ4n) is 2.96. The molecule has 0 aromatic heterocycles. The van der Waals surface area contributed by atoms with Crippen molar-refractivity contribution in [1.82, 2.24) is 4.31 Å². The Morgan fingerprint density at radius 2 is 1.58 bits per heavy atom. The van der Waals surface area contributed by atoms with Crippen LogP contribution in [0.15, 0.2) is 24.3 Å². The van der Waals surface area contributed by atoms with Gasteiger partial charge in [0.05, 0.1) is 5.69 Å². The van der Waals surface area contributed by atoms with E-state index >= 15 is 0 Å². The van der Waals surface area contributed by atoms with Crippen LogP contribution >= 0.6 is 0 Å². The summed E-state index contributed by atoms with van der Waals surface area (Å²) in [6.45, 7) is 1.92. The molecule has 19 heavy (non-hydrogen) atoms. The molecule has 0 atom stereocenters. The van der Waals surface area contributed by atoms with Gasteiger partial charge < -0.3 is 0 Å². The number of nitrogens with zero attached hydrogens (tertiary/aromatic N) is 2. The van der Waals surface area contributed by atoms with E-state index in [-0.39, 0.29) is 0 Å². The van der Waals surface area contributed by atoms with Crippen molar-refractivity contribution in [1.29, 1.82) is 0 Å². The minimum Gasteiger partial charge on any atom is -0.257 e. The van der Waals surface area contributed by atoms with E-state index in [1.807, 2.05) is 24.3 Å². The SMILES string of the molecule is O=S(=O)(N1CCCCCC1)N1CCc2ccccc21. The molecule has 1 aromatic rings. The van der Waals surface area contributed by atoms with Gasteiger partial charge in [-0.25, -0.2) is 0 Å². The van der Waals surface area contributed by atoms with Gasteiger partial charge in [-0.3, -0.25) is 4.31 Å². The molecule has 5 heteroatoms. The van der Waals surface area contributed by atoms with Gasteiger partial charge in [-0.2, -0.15) is 12.7 Å². The molecule has 0 amide bonds. The summed E-state index contributed by atoms with van der Waals surface area (Å²) >= 11 is 0. The summed E-state index contributed by atoms with van der Waals surface area (Å²) in [7, 11) is -3.33. The largest absolute Gasteiger partial charge is 0.304 e. The Hall–Kier alpha value is -1.07. The Morgan fingerprint density at radius 3 is 2.32 bits per heavy atom. The molecule has 0 aliphatic carbocycles. The van der Waals surface area contributed by atoms with Gasteiger partial charge in [0.15, 0.2) is 0 Å². The molecule has 0 saturated carbocycles. The molecule has 1 aromatic carbocycles. The van der Waals surface area contributed by atoms with E-state index in [1.54, 1.807) is 8.61 Å². The highest BCUT2D eigenvalue weighted by Gasteiger charge is 2.34. The summed E-state index contributed by atoms with van der Waals surface area (Å²) in [5.74, 6) is 0. The van der Waals surface area contributed by atoms with Crippen LogP contribution < -0.4 is 4.31 Å². The van der Waals surface area contributed by atoms with Crippen LogP contribution in [-0.4, -0.2) is 32.4 Å². The van der Waals surface area contributed by atoms with Gasteiger partial charge in [-0.15, -0.1) is 0 Å². The number of rotatable bonds is 2. The van der Waals surface area contributed by atoms with Gasteiger partial charge >= 0.3 is 10.2 Å². The molecule has 1 saturated heterocycles. The highest BCUT2D eigenvalue weighted by atomic mass is 32.2. The van der Waals surface area contributed by atoms with E-state index in [4.69, 9.17) is 0 Å². The average molecular weight is 280 g/mol. The lowest BCUT2D eigenvalue weighted by Crippen LogP contribution is -2.43. The van der Waals surface area contributed by atoms with E-state index in [9.17, 15) is 8.42 Å². The van der Waals surface area contributed by atoms with Crippen molar-refractivity contribution in [3.8, 4) is 0 Å². The minimum absolute atomic E-state index is 0.582. The Bertz CT molecular complexity index is 548. The van der Waals surface area contributed by atoms with Gasteiger partial charge in [-0.05, 0) is 30.9 Å². The van der Waals surface area contributed by atoms with Crippen molar-refractivity contribution in [3.63, 3.8) is 0 Å². The van der Waals surface area contributed by atoms with Crippen LogP contribution in [0.4, 0.5) is 5.69 Å². The lowest BCUT2D eigenvalue weighted by atomic mass is 10.2. The third-order valence-corrected chi connectivity index (χ3v) is 5.97. The number of anilines is 1. The first kappa shape index (κ1) is 12.9. The van der Waals surface area contributed by atoms with Crippen molar-refractivity contribution < 1.29 is 8.42 Å². The van der Waals surface area contributed by atoms with Gasteiger partial charge in [0.25, 0.3) is 0 Å². The van der Waals surface area contributed by atoms with Crippen LogP contribution in [0, 0.1) is 0 Å². The number of hydrogen-bond donors (Lipinski definition) is 0. The molecule has 0 unspecified atom stereocenters. The molecule has 2 aliphatic heterocycles. The molecular weight excluding hydrogens is 260 g/mol. The summed E-state index contributed by atoms with van der Waals surface area (Å²) in [6.07, 6.45) is 5.07. The second-order valence-corrected chi connectivity index (χ2v) is 7.12. The molecule has 0 spiro atoms. The molecule has 4 nitrogen and oxygen atoms in total. The van der Waals surface area contributed by atoms with E-state index in [0.29, 0.717) is 19.6 Å². The molecule has 0 bridgehead atoms. The third-order valence-electron chi connectivity index (χ3n) is 4.01. The highest BCUT2D eigenvalue weighted by Crippen LogP contribution is 2.31. The summed E-state index contributed by atoms with van der Waals surface area (Å²) < 4.78 is 28.8. The number of hydrogen-bond acceptors (Lipinski definition) is 2. The van der Waals surface area contributed by atoms with Crippen LogP contribution in [0.5, 0.6) is 0 Å². The molecule has 3 rings (SSSR count). The maximum Gasteiger partial charge on any atom is 0.304 e. The standard InChI is InChI=1S/C14H20N2O2S/c17-19(18,15-10-5-1-2-6-11-15)16-12-9-13-7-3-4-8-14(13)16/h3-4,7-8H,1-2,5-6,9-12H2. The molecule has 2 aliphatic rings. The van der Waals surface area contributed by atoms with Crippen molar-refractivity contribution in [3.05, 3.63) is 29.8 Å². The third kappa shape index (κ3) is 2.37. The molecular formula is C14H20N2O2S. The zero-order valence-electron chi connectivity index (χ0n) is 11.1. The van der Waals surface area contributed by atoms with Gasteiger partial charge in [-0.1, -0.05) is 31.0 Å². The summed E-state index contributed by atoms with van der Waals surface area (Å²) in [6, 6.07) is 7.82. The van der Waals surface area contributed by atoms with Gasteiger partial charge in [0.1, 0.15) is 0 Å². The van der Waals surface area contributed by atoms with Crippen LogP contribution in [-0.2, 0) is 16.6 Å². The lowest BCUT2D eigenvalue weighted by molar-refractivity contribution is 0.421. The van der Waals surface area contributed by atoms with E-state index in [0.717, 1.165) is 43.4 Å². The van der Waals surface area contributed by atoms with E-state index < -0.39 is 10.2 Å². The first-order valence-corrected chi connectivity index (χ1v) is 8.45. The monoisotopic (exact) mass is 280 g/mol. The first-order valence-electron chi connectivity index (χ1n) is 7.05. The maximum atomic E-state index is 12.8. The van der Waals surface area contributed by atoms with Crippen LogP contribution in [0.3, 0.4) is 0 Å². The second kappa shape index (κ2) is 5.13. The summed E-state index contributed by atoms with van der Waals surface area (Å²) in [5.41, 5.74) is 2.01. The number of fused-ring (bicyclic) bond motifs is 1. The summed E-state index contributed by atoms with van der Waals surface area (Å²) in [4.78, 5) is 0. The second-order valence-electron chi connectivity index (χ2n) is 5.27. The van der Waals surface area contributed by atoms with Crippen molar-refractivity contribution >= 4 is 15.9 Å². The molecule has 104 valence electrons. The van der Waals surface area contributed by atoms with Gasteiger partial charge in [0, 0.05) is 19.6 Å². The predicted molar refractivity (Wildman–Crippen MR) is 76.5 cm³/mol. The lowest BCUT2D eigenvalue weighted by Gasteiger charge is -2.27. The van der Waals surface area contributed by atoms with E-state index in [2.05, 4.69) is 0 Å². The normalized spacial score (nSPS) is 21.2. The first-order chi connectivity index (χ1) is 9.19. The van der Waals surface area contributed by atoms with Crippen molar-refractivity contribution in [2.75, 3.05) is 23.9 Å². The van der Waals surface area contributed by atoms with Crippen LogP contribution in [0.2, 0.25) is 0 Å². The Kier molecular flexibility index (Phi) is 3.50. The zero-order valence-corrected chi connectivity index (χ0v) is 11.9. The van der Waals surface area contributed by atoms with Crippen LogP contribution in [0.25, 0.3) is 0 Å². The van der Waals surface area contributed by atoms with Crippen molar-refractivity contribution in [2.24, 2.45) is 0 Å². The Labute approximate surface area is 115 Å². The number of para-hydroxylation sites is 1. The van der Waals surface area contributed by atoms with Crippen molar-refractivity contribution in [2.45, 2.75) is 32.1 Å². The quantitative estimate of drug-likeness (QED) is 0.833.